The molecule has 1 amide bonds. The minimum absolute atomic E-state index is 0.142. The zero-order valence-corrected chi connectivity index (χ0v) is 14.1. The van der Waals surface area contributed by atoms with Crippen molar-refractivity contribution < 1.29 is 19.0 Å². The lowest BCUT2D eigenvalue weighted by Gasteiger charge is -2.11. The smallest absolute Gasteiger partial charge is 0.238 e. The lowest BCUT2D eigenvalue weighted by atomic mass is 10.2. The Labute approximate surface area is 141 Å². The molecule has 24 heavy (non-hydrogen) atoms. The van der Waals surface area contributed by atoms with Gasteiger partial charge < -0.3 is 24.8 Å². The highest BCUT2D eigenvalue weighted by Gasteiger charge is 2.08. The molecule has 0 aliphatic carbocycles. The number of hydrogen-bond donors (Lipinski definition) is 2. The Hall–Kier alpha value is -2.73. The molecule has 0 fully saturated rings. The molecule has 128 valence electrons. The summed E-state index contributed by atoms with van der Waals surface area (Å²) in [6, 6.07) is 12.9. The third kappa shape index (κ3) is 4.63. The van der Waals surface area contributed by atoms with Gasteiger partial charge in [0.2, 0.25) is 5.91 Å². The summed E-state index contributed by atoms with van der Waals surface area (Å²) in [7, 11) is 4.75. The van der Waals surface area contributed by atoms with E-state index in [1.807, 2.05) is 24.3 Å². The summed E-state index contributed by atoms with van der Waals surface area (Å²) < 4.78 is 15.7. The highest BCUT2D eigenvalue weighted by Crippen LogP contribution is 2.29. The predicted molar refractivity (Wildman–Crippen MR) is 92.9 cm³/mol. The van der Waals surface area contributed by atoms with Crippen LogP contribution in [0.25, 0.3) is 0 Å². The van der Waals surface area contributed by atoms with Crippen LogP contribution in [0.3, 0.4) is 0 Å². The molecule has 2 aromatic carbocycles. The van der Waals surface area contributed by atoms with E-state index in [4.69, 9.17) is 14.2 Å². The van der Waals surface area contributed by atoms with Gasteiger partial charge in [-0.1, -0.05) is 18.2 Å². The van der Waals surface area contributed by atoms with Crippen molar-refractivity contribution >= 4 is 11.6 Å². The number of rotatable bonds is 8. The van der Waals surface area contributed by atoms with Crippen molar-refractivity contribution in [2.24, 2.45) is 0 Å². The second-order valence-corrected chi connectivity index (χ2v) is 5.03. The van der Waals surface area contributed by atoms with Gasteiger partial charge in [0, 0.05) is 23.9 Å². The maximum absolute atomic E-state index is 12.0. The molecule has 0 aliphatic heterocycles. The maximum Gasteiger partial charge on any atom is 0.238 e. The molecule has 0 aliphatic rings. The molecule has 0 saturated carbocycles. The minimum atomic E-state index is -0.142. The fraction of sp³-hybridized carbons (Fsp3) is 0.278. The van der Waals surface area contributed by atoms with Crippen LogP contribution in [0.1, 0.15) is 5.56 Å². The first-order chi connectivity index (χ1) is 11.7. The summed E-state index contributed by atoms with van der Waals surface area (Å²) >= 11 is 0. The van der Waals surface area contributed by atoms with Crippen molar-refractivity contribution in [1.82, 2.24) is 5.32 Å². The first kappa shape index (κ1) is 17.6. The Morgan fingerprint density at radius 2 is 1.62 bits per heavy atom. The standard InChI is InChI=1S/C18H22N2O4/c1-22-15-7-5-4-6-13(15)11-19-12-18(21)20-14-8-9-16(23-2)17(10-14)24-3/h4-10,19H,11-12H2,1-3H3,(H,20,21). The molecule has 0 heterocycles. The zero-order chi connectivity index (χ0) is 17.4. The van der Waals surface area contributed by atoms with Crippen molar-refractivity contribution in [1.29, 1.82) is 0 Å². The summed E-state index contributed by atoms with van der Waals surface area (Å²) in [6.45, 7) is 0.732. The van der Waals surface area contributed by atoms with Crippen LogP contribution in [-0.2, 0) is 11.3 Å². The van der Waals surface area contributed by atoms with Crippen molar-refractivity contribution in [2.75, 3.05) is 33.2 Å². The van der Waals surface area contributed by atoms with Crippen LogP contribution < -0.4 is 24.8 Å². The zero-order valence-electron chi connectivity index (χ0n) is 14.1. The maximum atomic E-state index is 12.0. The van der Waals surface area contributed by atoms with Gasteiger partial charge in [-0.15, -0.1) is 0 Å². The summed E-state index contributed by atoms with van der Waals surface area (Å²) in [5.41, 5.74) is 1.65. The van der Waals surface area contributed by atoms with Crippen LogP contribution in [0.2, 0.25) is 0 Å². The van der Waals surface area contributed by atoms with E-state index in [-0.39, 0.29) is 12.5 Å². The van der Waals surface area contributed by atoms with E-state index < -0.39 is 0 Å². The molecule has 0 atom stereocenters. The van der Waals surface area contributed by atoms with Crippen LogP contribution in [-0.4, -0.2) is 33.8 Å². The number of methoxy groups -OCH3 is 3. The SMILES string of the molecule is COc1ccccc1CNCC(=O)Nc1ccc(OC)c(OC)c1. The van der Waals surface area contributed by atoms with Gasteiger partial charge in [0.15, 0.2) is 11.5 Å². The summed E-state index contributed by atoms with van der Waals surface area (Å²) in [5.74, 6) is 1.84. The van der Waals surface area contributed by atoms with Crippen molar-refractivity contribution in [2.45, 2.75) is 6.54 Å². The number of carbonyl (C=O) groups is 1. The number of anilines is 1. The summed E-state index contributed by atoms with van der Waals surface area (Å²) in [6.07, 6.45) is 0. The second-order valence-electron chi connectivity index (χ2n) is 5.03. The van der Waals surface area contributed by atoms with Gasteiger partial charge in [0.25, 0.3) is 0 Å². The Bertz CT molecular complexity index is 688. The van der Waals surface area contributed by atoms with E-state index >= 15 is 0 Å². The van der Waals surface area contributed by atoms with Gasteiger partial charge in [-0.05, 0) is 18.2 Å². The number of carbonyl (C=O) groups excluding carboxylic acids is 1. The largest absolute Gasteiger partial charge is 0.496 e. The summed E-state index contributed by atoms with van der Waals surface area (Å²) in [4.78, 5) is 12.0. The molecule has 0 saturated heterocycles. The van der Waals surface area contributed by atoms with Crippen molar-refractivity contribution in [3.8, 4) is 17.2 Å². The Balaban J connectivity index is 1.87. The molecule has 6 nitrogen and oxygen atoms in total. The minimum Gasteiger partial charge on any atom is -0.496 e. The van der Waals surface area contributed by atoms with E-state index in [2.05, 4.69) is 10.6 Å². The number of amides is 1. The second kappa shape index (κ2) is 8.79. The Kier molecular flexibility index (Phi) is 6.45. The summed E-state index contributed by atoms with van der Waals surface area (Å²) in [5, 5.41) is 5.91. The normalized spacial score (nSPS) is 10.1. The highest BCUT2D eigenvalue weighted by atomic mass is 16.5. The fourth-order valence-electron chi connectivity index (χ4n) is 2.28. The number of nitrogens with one attached hydrogen (secondary N) is 2. The fourth-order valence-corrected chi connectivity index (χ4v) is 2.28. The molecule has 2 N–H and O–H groups in total. The van der Waals surface area contributed by atoms with Gasteiger partial charge in [-0.25, -0.2) is 0 Å². The van der Waals surface area contributed by atoms with E-state index in [0.29, 0.717) is 23.7 Å². The average Bonchev–Trinajstić information content (AvgIpc) is 2.62. The average molecular weight is 330 g/mol. The monoisotopic (exact) mass is 330 g/mol. The molecular weight excluding hydrogens is 308 g/mol. The topological polar surface area (TPSA) is 68.8 Å². The lowest BCUT2D eigenvalue weighted by Crippen LogP contribution is -2.27. The Morgan fingerprint density at radius 3 is 2.33 bits per heavy atom. The Morgan fingerprint density at radius 1 is 0.917 bits per heavy atom. The third-order valence-electron chi connectivity index (χ3n) is 3.46. The van der Waals surface area contributed by atoms with Gasteiger partial charge in [-0.2, -0.15) is 0 Å². The lowest BCUT2D eigenvalue weighted by molar-refractivity contribution is -0.115. The molecule has 2 rings (SSSR count). The van der Waals surface area contributed by atoms with Gasteiger partial charge in [-0.3, -0.25) is 4.79 Å². The highest BCUT2D eigenvalue weighted by molar-refractivity contribution is 5.92. The van der Waals surface area contributed by atoms with Crippen LogP contribution >= 0.6 is 0 Å². The predicted octanol–water partition coefficient (Wildman–Crippen LogP) is 2.44. The van der Waals surface area contributed by atoms with E-state index in [1.165, 1.54) is 0 Å². The van der Waals surface area contributed by atoms with Crippen molar-refractivity contribution in [3.63, 3.8) is 0 Å². The van der Waals surface area contributed by atoms with Crippen molar-refractivity contribution in [3.05, 3.63) is 48.0 Å². The van der Waals surface area contributed by atoms with Gasteiger partial charge >= 0.3 is 0 Å². The van der Waals surface area contributed by atoms with Crippen LogP contribution in [0, 0.1) is 0 Å². The number of benzene rings is 2. The van der Waals surface area contributed by atoms with Crippen LogP contribution in [0.4, 0.5) is 5.69 Å². The molecule has 2 aromatic rings. The molecule has 0 aromatic heterocycles. The van der Waals surface area contributed by atoms with Crippen LogP contribution in [0.15, 0.2) is 42.5 Å². The van der Waals surface area contributed by atoms with Gasteiger partial charge in [0.05, 0.1) is 27.9 Å². The molecule has 0 radical (unpaired) electrons. The first-order valence-electron chi connectivity index (χ1n) is 7.52. The number of hydrogen-bond acceptors (Lipinski definition) is 5. The van der Waals surface area contributed by atoms with E-state index in [0.717, 1.165) is 11.3 Å². The molecule has 0 bridgehead atoms. The quantitative estimate of drug-likeness (QED) is 0.778. The molecule has 6 heteroatoms. The van der Waals surface area contributed by atoms with Gasteiger partial charge in [0.1, 0.15) is 5.75 Å². The number of ether oxygens (including phenoxy) is 3. The molecule has 0 unspecified atom stereocenters. The molecular formula is C18H22N2O4. The third-order valence-corrected chi connectivity index (χ3v) is 3.46. The number of para-hydroxylation sites is 1. The van der Waals surface area contributed by atoms with E-state index in [1.54, 1.807) is 39.5 Å². The first-order valence-corrected chi connectivity index (χ1v) is 7.52. The van der Waals surface area contributed by atoms with E-state index in [9.17, 15) is 4.79 Å². The molecule has 0 spiro atoms. The van der Waals surface area contributed by atoms with Crippen LogP contribution in [0.5, 0.6) is 17.2 Å².